The highest BCUT2D eigenvalue weighted by molar-refractivity contribution is 6.40. The molecule has 0 saturated heterocycles. The summed E-state index contributed by atoms with van der Waals surface area (Å²) in [4.78, 5) is 13.5. The summed E-state index contributed by atoms with van der Waals surface area (Å²) in [6, 6.07) is 81.6. The van der Waals surface area contributed by atoms with Crippen molar-refractivity contribution < 1.29 is 11.4 Å². The van der Waals surface area contributed by atoms with Gasteiger partial charge in [-0.1, -0.05) is 152 Å². The smallest absolute Gasteiger partial charge is 0.576 e. The van der Waals surface area contributed by atoms with Crippen molar-refractivity contribution in [3.05, 3.63) is 255 Å². The molecule has 0 atom stereocenters. The van der Waals surface area contributed by atoms with Crippen molar-refractivity contribution in [2.45, 2.75) is 0 Å². The molecule has 0 amide bonds. The molecule has 0 saturated carbocycles. The molecule has 0 spiro atoms. The van der Waals surface area contributed by atoms with Crippen LogP contribution in [0.2, 0.25) is 0 Å². The second kappa shape index (κ2) is 18.6. The molecule has 5 aromatic heterocycles. The summed E-state index contributed by atoms with van der Waals surface area (Å²) in [6.07, 6.45) is 5.24. The van der Waals surface area contributed by atoms with Crippen LogP contribution in [0.4, 0.5) is 0 Å². The van der Waals surface area contributed by atoms with E-state index in [0.717, 1.165) is 32.7 Å². The van der Waals surface area contributed by atoms with Crippen molar-refractivity contribution in [2.75, 3.05) is 0 Å². The molecule has 0 aliphatic carbocycles. The third kappa shape index (κ3) is 7.89. The first-order valence-corrected chi connectivity index (χ1v) is 25.3. The summed E-state index contributed by atoms with van der Waals surface area (Å²) in [5, 5.41) is 8.07. The maximum Gasteiger partial charge on any atom is 1.20 e. The van der Waals surface area contributed by atoms with E-state index in [2.05, 4.69) is 170 Å². The van der Waals surface area contributed by atoms with Gasteiger partial charge in [0.25, 0.3) is 0 Å². The van der Waals surface area contributed by atoms with Gasteiger partial charge in [-0.15, -0.1) is 0 Å². The Balaban J connectivity index is 0.000000141. The van der Waals surface area contributed by atoms with Crippen molar-refractivity contribution >= 4 is 91.5 Å². The molecule has 340 valence electrons. The number of hydrogen-bond acceptors (Lipinski definition) is 6. The van der Waals surface area contributed by atoms with Crippen molar-refractivity contribution in [3.8, 4) is 39.8 Å². The molecule has 5 heterocycles. The van der Waals surface area contributed by atoms with Gasteiger partial charge in [0, 0.05) is 67.7 Å². The highest BCUT2D eigenvalue weighted by Crippen LogP contribution is 2.36. The zero-order valence-corrected chi connectivity index (χ0v) is 39.9. The number of nitrogens with zero attached hydrogens (tertiary/aromatic N) is 5. The number of rotatable bonds is 9. The third-order valence-corrected chi connectivity index (χ3v) is 14.5. The van der Waals surface area contributed by atoms with Crippen LogP contribution >= 0.6 is 0 Å². The molecule has 0 radical (unpaired) electrons. The number of pyridine rings is 3. The minimum Gasteiger partial charge on any atom is -0.576 e. The summed E-state index contributed by atoms with van der Waals surface area (Å²) in [5.74, 6) is 1.82. The summed E-state index contributed by atoms with van der Waals surface area (Å²) in [7, 11) is 0. The minimum atomic E-state index is -2.86. The van der Waals surface area contributed by atoms with Gasteiger partial charge in [-0.3, -0.25) is 15.0 Å². The van der Waals surface area contributed by atoms with Gasteiger partial charge in [-0.2, -0.15) is 0 Å². The molecule has 9 aromatic carbocycles. The monoisotopic (exact) mass is 943 g/mol. The van der Waals surface area contributed by atoms with Gasteiger partial charge in [0.1, 0.15) is 33.8 Å². The number of aromatic nitrogens is 5. The average Bonchev–Trinajstić information content (AvgIpc) is 3.97. The van der Waals surface area contributed by atoms with Crippen LogP contribution in [0.5, 0.6) is 17.2 Å². The van der Waals surface area contributed by atoms with Gasteiger partial charge < -0.3 is 20.5 Å². The predicted octanol–water partition coefficient (Wildman–Crippen LogP) is 15.4. The average molecular weight is 944 g/mol. The van der Waals surface area contributed by atoms with E-state index in [4.69, 9.17) is 11.4 Å². The van der Waals surface area contributed by atoms with Crippen LogP contribution in [0.25, 0.3) is 98.8 Å². The fourth-order valence-corrected chi connectivity index (χ4v) is 11.2. The SMILES string of the molecule is c1ccc2c(c1)c1ccccc1n2-c1ccc(-c2ccc(-n3c4ccccc4c4ccccc43)cc2)cc1.c1cnc2c([O][Al]([O]c3cccc4cccnc34)[O]c3cccc4cccnc34)cccc2c1. The molecule has 14 rings (SSSR count). The fourth-order valence-electron chi connectivity index (χ4n) is 9.90. The van der Waals surface area contributed by atoms with Gasteiger partial charge in [0.15, 0.2) is 0 Å². The highest BCUT2D eigenvalue weighted by Gasteiger charge is 2.46. The lowest BCUT2D eigenvalue weighted by atomic mass is 10.0. The minimum absolute atomic E-state index is 0.608. The van der Waals surface area contributed by atoms with E-state index in [0.29, 0.717) is 17.2 Å². The Labute approximate surface area is 419 Å². The molecule has 0 fully saturated rings. The van der Waals surface area contributed by atoms with Gasteiger partial charge in [-0.25, -0.2) is 0 Å². The van der Waals surface area contributed by atoms with E-state index in [-0.39, 0.29) is 0 Å². The molecule has 0 bridgehead atoms. The van der Waals surface area contributed by atoms with E-state index in [1.54, 1.807) is 18.6 Å². The Morgan fingerprint density at radius 1 is 0.278 bits per heavy atom. The molecule has 72 heavy (non-hydrogen) atoms. The number of para-hydroxylation sites is 7. The lowest BCUT2D eigenvalue weighted by Crippen LogP contribution is -2.37. The summed E-state index contributed by atoms with van der Waals surface area (Å²) in [5.41, 5.74) is 12.0. The highest BCUT2D eigenvalue weighted by atomic mass is 27.3. The molecule has 8 nitrogen and oxygen atoms in total. The molecule has 0 unspecified atom stereocenters. The standard InChI is InChI=1S/C36H24N2.3C9H7NO.Al/c1-5-13-33-29(9-1)30-10-2-6-14-34(30)37(33)27-21-17-25(18-22-27)26-19-23-28(24-20-26)38-35-15-7-3-11-31(35)32-12-4-8-16-36(32)38;3*11-8-5-1-3-7-4-2-6-10-9(7)8;/h1-24H;3*1-6,11H;/q;;;;+3/p-3. The van der Waals surface area contributed by atoms with E-state index in [1.807, 2.05) is 91.0 Å². The Kier molecular flexibility index (Phi) is 11.0. The molecular formula is C63H42AlN5O3. The Morgan fingerprint density at radius 3 is 0.889 bits per heavy atom. The zero-order valence-electron chi connectivity index (χ0n) is 38.8. The van der Waals surface area contributed by atoms with Crippen molar-refractivity contribution in [2.24, 2.45) is 0 Å². The van der Waals surface area contributed by atoms with Gasteiger partial charge in [0.05, 0.1) is 22.1 Å². The van der Waals surface area contributed by atoms with E-state index in [1.165, 1.54) is 66.1 Å². The van der Waals surface area contributed by atoms with Crippen LogP contribution in [0, 0.1) is 0 Å². The van der Waals surface area contributed by atoms with Crippen molar-refractivity contribution in [1.82, 2.24) is 24.1 Å². The second-order valence-electron chi connectivity index (χ2n) is 17.5. The number of hydrogen-bond donors (Lipinski definition) is 0. The molecule has 0 N–H and O–H groups in total. The van der Waals surface area contributed by atoms with Crippen LogP contribution in [-0.4, -0.2) is 39.2 Å². The summed E-state index contributed by atoms with van der Waals surface area (Å²) in [6.45, 7) is 0. The van der Waals surface area contributed by atoms with Gasteiger partial charge in [-0.05, 0) is 96.1 Å². The Bertz CT molecular complexity index is 3810. The van der Waals surface area contributed by atoms with E-state index >= 15 is 0 Å². The van der Waals surface area contributed by atoms with Crippen LogP contribution in [0.15, 0.2) is 255 Å². The maximum atomic E-state index is 6.41. The topological polar surface area (TPSA) is 76.2 Å². The van der Waals surface area contributed by atoms with Crippen LogP contribution < -0.4 is 11.4 Å². The van der Waals surface area contributed by atoms with Crippen molar-refractivity contribution in [3.63, 3.8) is 0 Å². The second-order valence-corrected chi connectivity index (χ2v) is 18.8. The molecular weight excluding hydrogens is 902 g/mol. The Morgan fingerprint density at radius 2 is 0.569 bits per heavy atom. The zero-order chi connectivity index (χ0) is 47.8. The van der Waals surface area contributed by atoms with E-state index in [9.17, 15) is 0 Å². The fraction of sp³-hybridized carbons (Fsp3) is 0. The first kappa shape index (κ1) is 42.8. The van der Waals surface area contributed by atoms with E-state index < -0.39 is 15.1 Å². The first-order chi connectivity index (χ1) is 35.7. The largest absolute Gasteiger partial charge is 1.20 e. The van der Waals surface area contributed by atoms with Crippen molar-refractivity contribution in [1.29, 1.82) is 0 Å². The van der Waals surface area contributed by atoms with Gasteiger partial charge in [0.2, 0.25) is 0 Å². The third-order valence-electron chi connectivity index (χ3n) is 13.2. The normalized spacial score (nSPS) is 11.3. The van der Waals surface area contributed by atoms with Crippen LogP contribution in [-0.2, 0) is 0 Å². The van der Waals surface area contributed by atoms with Crippen LogP contribution in [0.3, 0.4) is 0 Å². The molecule has 14 aromatic rings. The maximum absolute atomic E-state index is 6.41. The predicted molar refractivity (Wildman–Crippen MR) is 293 cm³/mol. The van der Waals surface area contributed by atoms with Gasteiger partial charge >= 0.3 is 15.1 Å². The Hall–Kier alpha value is -9.26. The lowest BCUT2D eigenvalue weighted by Gasteiger charge is -2.18. The quantitative estimate of drug-likeness (QED) is 0.134. The first-order valence-electron chi connectivity index (χ1n) is 23.9. The lowest BCUT2D eigenvalue weighted by molar-refractivity contribution is 0.311. The molecule has 0 aliphatic rings. The number of benzene rings is 9. The number of fused-ring (bicyclic) bond motifs is 9. The molecule has 9 heteroatoms. The van der Waals surface area contributed by atoms with Crippen LogP contribution in [0.1, 0.15) is 0 Å². The molecule has 0 aliphatic heterocycles. The summed E-state index contributed by atoms with van der Waals surface area (Å²) >= 11 is -2.86. The summed E-state index contributed by atoms with van der Waals surface area (Å²) < 4.78 is 24.0.